The smallest absolute Gasteiger partial charge is 0.429 e. The highest BCUT2D eigenvalue weighted by Crippen LogP contribution is 2.63. The van der Waals surface area contributed by atoms with Crippen LogP contribution in [0.15, 0.2) is 12.2 Å². The molecule has 6 nitrogen and oxygen atoms in total. The lowest BCUT2D eigenvalue weighted by atomic mass is 9.49. The summed E-state index contributed by atoms with van der Waals surface area (Å²) in [5, 5.41) is 20.9. The Kier molecular flexibility index (Phi) is 8.78. The number of rotatable bonds is 10. The molecule has 0 spiro atoms. The summed E-state index contributed by atoms with van der Waals surface area (Å²) in [5.74, 6) is -0.811. The summed E-state index contributed by atoms with van der Waals surface area (Å²) < 4.78 is 100. The number of carbonyl (C=O) groups is 1. The van der Waals surface area contributed by atoms with Gasteiger partial charge in [-0.05, 0) is 89.0 Å². The Balaban J connectivity index is 3.82. The van der Waals surface area contributed by atoms with Gasteiger partial charge in [-0.3, -0.25) is 0 Å². The number of halogens is 6. The molecule has 0 aromatic rings. The normalized spacial score (nSPS) is 22.7. The van der Waals surface area contributed by atoms with E-state index in [-0.39, 0.29) is 18.4 Å². The van der Waals surface area contributed by atoms with Crippen molar-refractivity contribution < 1.29 is 55.6 Å². The number of hydrogen-bond acceptors (Lipinski definition) is 6. The van der Waals surface area contributed by atoms with Crippen molar-refractivity contribution in [3.8, 4) is 0 Å². The Morgan fingerprint density at radius 2 is 1.16 bits per heavy atom. The molecule has 0 amide bonds. The summed E-state index contributed by atoms with van der Waals surface area (Å²) in [5.41, 5.74) is -16.1. The Labute approximate surface area is 220 Å². The van der Waals surface area contributed by atoms with Crippen molar-refractivity contribution in [3.05, 3.63) is 12.2 Å². The molecule has 1 aliphatic rings. The summed E-state index contributed by atoms with van der Waals surface area (Å²) in [6.07, 6.45) is -13.0. The van der Waals surface area contributed by atoms with Crippen molar-refractivity contribution >= 4 is 5.97 Å². The Morgan fingerprint density at radius 3 is 1.42 bits per heavy atom. The van der Waals surface area contributed by atoms with Crippen molar-refractivity contribution in [2.75, 3.05) is 0 Å². The van der Waals surface area contributed by atoms with Crippen molar-refractivity contribution in [3.63, 3.8) is 0 Å². The first-order chi connectivity index (χ1) is 16.3. The van der Waals surface area contributed by atoms with Crippen LogP contribution in [-0.4, -0.2) is 68.2 Å². The van der Waals surface area contributed by atoms with Crippen molar-refractivity contribution in [2.24, 2.45) is 5.41 Å². The molecule has 0 radical (unpaired) electrons. The van der Waals surface area contributed by atoms with Crippen molar-refractivity contribution in [2.45, 2.75) is 141 Å². The van der Waals surface area contributed by atoms with E-state index in [0.29, 0.717) is 13.8 Å². The lowest BCUT2D eigenvalue weighted by molar-refractivity contribution is -0.431. The molecular formula is C26H42F6O6. The molecule has 0 bridgehead atoms. The van der Waals surface area contributed by atoms with Gasteiger partial charge in [-0.2, -0.15) is 26.3 Å². The second-order valence-electron chi connectivity index (χ2n) is 12.7. The predicted octanol–water partition coefficient (Wildman–Crippen LogP) is 6.03. The first kappa shape index (κ1) is 34.7. The quantitative estimate of drug-likeness (QED) is 0.192. The van der Waals surface area contributed by atoms with Gasteiger partial charge in [0.2, 0.25) is 0 Å². The van der Waals surface area contributed by atoms with Gasteiger partial charge in [0.25, 0.3) is 5.60 Å². The standard InChI is InChI=1S/C26H42F6O6/c1-15(2)17(33)36-16-13-14-23(16,20(7,8)37-19(5,6)18(3,4)34)21(9,10)38-22(11,12)24(35,25(27,28)29)26(30,31)32/h16,34-35H,1,13-14H2,2-12H3. The van der Waals surface area contributed by atoms with Gasteiger partial charge in [0.05, 0.1) is 27.8 Å². The Morgan fingerprint density at radius 1 is 0.789 bits per heavy atom. The molecule has 12 heteroatoms. The fourth-order valence-electron chi connectivity index (χ4n) is 5.54. The molecule has 0 aromatic carbocycles. The highest BCUT2D eigenvalue weighted by atomic mass is 19.4. The van der Waals surface area contributed by atoms with Crippen LogP contribution in [0, 0.1) is 5.41 Å². The zero-order chi connectivity index (χ0) is 30.8. The summed E-state index contributed by atoms with van der Waals surface area (Å²) in [7, 11) is 0. The van der Waals surface area contributed by atoms with Crippen LogP contribution < -0.4 is 0 Å². The molecule has 1 saturated carbocycles. The van der Waals surface area contributed by atoms with E-state index in [1.807, 2.05) is 0 Å². The number of ether oxygens (including phenoxy) is 3. The van der Waals surface area contributed by atoms with Crippen LogP contribution >= 0.6 is 0 Å². The minimum absolute atomic E-state index is 0.0314. The lowest BCUT2D eigenvalue weighted by Gasteiger charge is -2.66. The van der Waals surface area contributed by atoms with Crippen molar-refractivity contribution in [1.82, 2.24) is 0 Å². The van der Waals surface area contributed by atoms with E-state index >= 15 is 0 Å². The van der Waals surface area contributed by atoms with Crippen LogP contribution in [0.1, 0.15) is 89.0 Å². The van der Waals surface area contributed by atoms with E-state index in [1.165, 1.54) is 34.6 Å². The van der Waals surface area contributed by atoms with E-state index in [4.69, 9.17) is 14.2 Å². The summed E-state index contributed by atoms with van der Waals surface area (Å²) >= 11 is 0. The van der Waals surface area contributed by atoms with E-state index in [2.05, 4.69) is 6.58 Å². The number of carbonyl (C=O) groups excluding carboxylic acids is 1. The molecule has 2 N–H and O–H groups in total. The number of alkyl halides is 6. The van der Waals surface area contributed by atoms with Crippen LogP contribution in [-0.2, 0) is 19.0 Å². The molecule has 0 aromatic heterocycles. The minimum atomic E-state index is -6.14. The van der Waals surface area contributed by atoms with Gasteiger partial charge in [0.1, 0.15) is 11.7 Å². The van der Waals surface area contributed by atoms with Crippen LogP contribution in [0.4, 0.5) is 26.3 Å². The van der Waals surface area contributed by atoms with Crippen molar-refractivity contribution in [1.29, 1.82) is 0 Å². The van der Waals surface area contributed by atoms with E-state index in [1.54, 1.807) is 27.7 Å². The molecular weight excluding hydrogens is 522 g/mol. The van der Waals surface area contributed by atoms with Gasteiger partial charge >= 0.3 is 18.3 Å². The van der Waals surface area contributed by atoms with Crippen LogP contribution in [0.5, 0.6) is 0 Å². The average Bonchev–Trinajstić information content (AvgIpc) is 2.58. The molecule has 0 saturated heterocycles. The average molecular weight is 565 g/mol. The van der Waals surface area contributed by atoms with Crippen LogP contribution in [0.3, 0.4) is 0 Å². The maximum absolute atomic E-state index is 13.8. The molecule has 38 heavy (non-hydrogen) atoms. The highest BCUT2D eigenvalue weighted by molar-refractivity contribution is 5.87. The summed E-state index contributed by atoms with van der Waals surface area (Å²) in [6.45, 7) is 17.6. The predicted molar refractivity (Wildman–Crippen MR) is 128 cm³/mol. The molecule has 224 valence electrons. The minimum Gasteiger partial charge on any atom is -0.458 e. The molecule has 1 aliphatic carbocycles. The molecule has 1 rings (SSSR count). The fraction of sp³-hybridized carbons (Fsp3) is 0.885. The van der Waals surface area contributed by atoms with Gasteiger partial charge in [-0.1, -0.05) is 6.58 Å². The third kappa shape index (κ3) is 5.47. The first-order valence-electron chi connectivity index (χ1n) is 12.2. The third-order valence-electron chi connectivity index (χ3n) is 8.28. The zero-order valence-corrected chi connectivity index (χ0v) is 24.0. The van der Waals surface area contributed by atoms with E-state index < -0.39 is 63.4 Å². The molecule has 2 atom stereocenters. The second-order valence-corrected chi connectivity index (χ2v) is 12.7. The molecule has 0 aliphatic heterocycles. The lowest BCUT2D eigenvalue weighted by Crippen LogP contribution is -2.76. The maximum Gasteiger partial charge on any atom is 0.429 e. The third-order valence-corrected chi connectivity index (χ3v) is 8.28. The van der Waals surface area contributed by atoms with Gasteiger partial charge in [0.15, 0.2) is 0 Å². The zero-order valence-electron chi connectivity index (χ0n) is 24.0. The van der Waals surface area contributed by atoms with Gasteiger partial charge in [0, 0.05) is 5.57 Å². The maximum atomic E-state index is 13.8. The molecule has 0 heterocycles. The first-order valence-corrected chi connectivity index (χ1v) is 12.2. The van der Waals surface area contributed by atoms with E-state index in [0.717, 1.165) is 0 Å². The highest BCUT2D eigenvalue weighted by Gasteiger charge is 2.79. The Hall–Kier alpha value is -1.37. The fourth-order valence-corrected chi connectivity index (χ4v) is 5.54. The molecule has 1 fully saturated rings. The number of esters is 1. The Bertz CT molecular complexity index is 897. The monoisotopic (exact) mass is 564 g/mol. The van der Waals surface area contributed by atoms with Gasteiger partial charge in [-0.25, -0.2) is 4.79 Å². The number of hydrogen-bond donors (Lipinski definition) is 2. The summed E-state index contributed by atoms with van der Waals surface area (Å²) in [6, 6.07) is 0. The van der Waals surface area contributed by atoms with Gasteiger partial charge in [-0.15, -0.1) is 0 Å². The topological polar surface area (TPSA) is 85.2 Å². The van der Waals surface area contributed by atoms with Gasteiger partial charge < -0.3 is 24.4 Å². The summed E-state index contributed by atoms with van der Waals surface area (Å²) in [4.78, 5) is 12.5. The van der Waals surface area contributed by atoms with E-state index in [9.17, 15) is 41.4 Å². The SMILES string of the molecule is C=C(C)C(=O)OC1CCC1(C(C)(C)OC(C)(C)C(C)(C)O)C(C)(C)OC(C)(C)C(O)(C(F)(F)F)C(F)(F)F. The number of aliphatic hydroxyl groups is 2. The van der Waals surface area contributed by atoms with Crippen LogP contribution in [0.25, 0.3) is 0 Å². The van der Waals surface area contributed by atoms with Crippen LogP contribution in [0.2, 0.25) is 0 Å². The molecule has 2 unspecified atom stereocenters. The largest absolute Gasteiger partial charge is 0.458 e. The second kappa shape index (κ2) is 9.62.